The van der Waals surface area contributed by atoms with Crippen LogP contribution in [0, 0.1) is 0 Å². The van der Waals surface area contributed by atoms with Gasteiger partial charge in [0.2, 0.25) is 5.78 Å². The Labute approximate surface area is 316 Å². The van der Waals surface area contributed by atoms with Gasteiger partial charge in [-0.1, -0.05) is 164 Å². The highest BCUT2D eigenvalue weighted by Crippen LogP contribution is 2.45. The van der Waals surface area contributed by atoms with Gasteiger partial charge >= 0.3 is 0 Å². The van der Waals surface area contributed by atoms with Crippen molar-refractivity contribution in [2.45, 2.75) is 0 Å². The van der Waals surface area contributed by atoms with Crippen molar-refractivity contribution in [1.82, 2.24) is 14.4 Å². The Bertz CT molecular complexity index is 3450. The van der Waals surface area contributed by atoms with Gasteiger partial charge in [0.15, 0.2) is 0 Å². The van der Waals surface area contributed by atoms with E-state index in [4.69, 9.17) is 4.98 Å². The molecule has 55 heavy (non-hydrogen) atoms. The Morgan fingerprint density at radius 3 is 1.49 bits per heavy atom. The van der Waals surface area contributed by atoms with Crippen molar-refractivity contribution in [3.05, 3.63) is 188 Å². The molecule has 0 unspecified atom stereocenters. The van der Waals surface area contributed by atoms with Crippen LogP contribution in [-0.2, 0) is 0 Å². The Hall–Kier alpha value is -7.36. The quantitative estimate of drug-likeness (QED) is 0.136. The summed E-state index contributed by atoms with van der Waals surface area (Å²) in [7, 11) is 0. The zero-order chi connectivity index (χ0) is 36.0. The molecule has 0 aliphatic rings. The topological polar surface area (TPSA) is 30.2 Å². The smallest absolute Gasteiger partial charge is 0.234 e. The molecular formula is C52H31N3. The van der Waals surface area contributed by atoms with Gasteiger partial charge in [-0.25, -0.2) is 9.97 Å². The summed E-state index contributed by atoms with van der Waals surface area (Å²) in [6.07, 6.45) is 5.89. The molecule has 2 heterocycles. The predicted molar refractivity (Wildman–Crippen MR) is 232 cm³/mol. The minimum absolute atomic E-state index is 0.695. The first-order valence-electron chi connectivity index (χ1n) is 18.8. The number of rotatable bonds is 3. The van der Waals surface area contributed by atoms with Gasteiger partial charge in [0.05, 0.1) is 5.69 Å². The molecule has 12 rings (SSSR count). The minimum Gasteiger partial charge on any atom is -0.291 e. The van der Waals surface area contributed by atoms with Crippen molar-refractivity contribution < 1.29 is 0 Å². The summed E-state index contributed by atoms with van der Waals surface area (Å²) < 4.78 is 2.00. The van der Waals surface area contributed by atoms with E-state index < -0.39 is 0 Å². The standard InChI is InChI=1S/C52H31N3/c1-2-14-39-37(13-1)38-20-7-11-33-27-28-34-12-8-21-42(49(34)48(33)38)43-22-9-19-36(50(39)43)32-23-25-35(26-24-32)47-40-15-3-5-17-44(40)51(45-18-6-4-16-41(45)47)46-31-55-30-10-29-53-52(55)54-46/h1-31H. The molecule has 0 saturated carbocycles. The molecular weight excluding hydrogens is 667 g/mol. The number of nitrogens with zero attached hydrogens (tertiary/aromatic N) is 3. The second kappa shape index (κ2) is 11.6. The third-order valence-electron chi connectivity index (χ3n) is 11.6. The van der Waals surface area contributed by atoms with Crippen molar-refractivity contribution in [2.24, 2.45) is 0 Å². The average Bonchev–Trinajstić information content (AvgIpc) is 3.68. The molecule has 0 bridgehead atoms. The number of imidazole rings is 1. The molecule has 0 N–H and O–H groups in total. The fourth-order valence-corrected chi connectivity index (χ4v) is 9.33. The Balaban J connectivity index is 1.12. The molecule has 0 amide bonds. The molecule has 0 aliphatic carbocycles. The van der Waals surface area contributed by atoms with E-state index in [1.807, 2.05) is 16.7 Å². The Morgan fingerprint density at radius 1 is 0.364 bits per heavy atom. The maximum atomic E-state index is 4.98. The van der Waals surface area contributed by atoms with Crippen LogP contribution in [0.1, 0.15) is 0 Å². The van der Waals surface area contributed by atoms with Crippen LogP contribution in [0.25, 0.3) is 115 Å². The van der Waals surface area contributed by atoms with E-state index >= 15 is 0 Å². The van der Waals surface area contributed by atoms with Gasteiger partial charge in [0.1, 0.15) is 0 Å². The van der Waals surface area contributed by atoms with Crippen LogP contribution < -0.4 is 0 Å². The average molecular weight is 698 g/mol. The Kier molecular flexibility index (Phi) is 6.34. The molecule has 0 fully saturated rings. The van der Waals surface area contributed by atoms with Crippen LogP contribution in [0.15, 0.2) is 188 Å². The molecule has 0 atom stereocenters. The van der Waals surface area contributed by atoms with Gasteiger partial charge in [-0.2, -0.15) is 0 Å². The van der Waals surface area contributed by atoms with Crippen LogP contribution in [0.2, 0.25) is 0 Å². The molecule has 0 aliphatic heterocycles. The lowest BCUT2D eigenvalue weighted by Gasteiger charge is -2.17. The lowest BCUT2D eigenvalue weighted by molar-refractivity contribution is 1.11. The summed E-state index contributed by atoms with van der Waals surface area (Å²) in [5.41, 5.74) is 6.88. The number of hydrogen-bond donors (Lipinski definition) is 0. The highest BCUT2D eigenvalue weighted by molar-refractivity contribution is 6.34. The lowest BCUT2D eigenvalue weighted by Crippen LogP contribution is -1.91. The van der Waals surface area contributed by atoms with Gasteiger partial charge < -0.3 is 0 Å². The fraction of sp³-hybridized carbons (Fsp3) is 0. The first kappa shape index (κ1) is 30.1. The maximum absolute atomic E-state index is 4.98. The molecule has 3 heteroatoms. The third-order valence-corrected chi connectivity index (χ3v) is 11.6. The number of aromatic nitrogens is 3. The van der Waals surface area contributed by atoms with Crippen LogP contribution in [-0.4, -0.2) is 14.4 Å². The number of fused-ring (bicyclic) bond motifs is 8. The van der Waals surface area contributed by atoms with E-state index in [0.717, 1.165) is 11.3 Å². The summed E-state index contributed by atoms with van der Waals surface area (Å²) in [4.78, 5) is 9.50. The summed E-state index contributed by atoms with van der Waals surface area (Å²) in [6, 6.07) is 62.5. The van der Waals surface area contributed by atoms with E-state index in [0.29, 0.717) is 5.78 Å². The first-order chi connectivity index (χ1) is 27.3. The van der Waals surface area contributed by atoms with E-state index in [1.54, 1.807) is 6.20 Å². The van der Waals surface area contributed by atoms with Crippen LogP contribution >= 0.6 is 0 Å². The molecule has 254 valence electrons. The summed E-state index contributed by atoms with van der Waals surface area (Å²) in [5, 5.41) is 17.5. The number of hydrogen-bond acceptors (Lipinski definition) is 2. The number of benzene rings is 9. The van der Waals surface area contributed by atoms with Crippen LogP contribution in [0.5, 0.6) is 0 Å². The van der Waals surface area contributed by atoms with Crippen molar-refractivity contribution in [2.75, 3.05) is 0 Å². The van der Waals surface area contributed by atoms with Crippen molar-refractivity contribution in [1.29, 1.82) is 0 Å². The molecule has 3 nitrogen and oxygen atoms in total. The fourth-order valence-electron chi connectivity index (χ4n) is 9.33. The monoisotopic (exact) mass is 697 g/mol. The van der Waals surface area contributed by atoms with Gasteiger partial charge in [0.25, 0.3) is 0 Å². The van der Waals surface area contributed by atoms with E-state index in [9.17, 15) is 0 Å². The highest BCUT2D eigenvalue weighted by atomic mass is 15.1. The highest BCUT2D eigenvalue weighted by Gasteiger charge is 2.19. The molecule has 0 radical (unpaired) electrons. The summed E-state index contributed by atoms with van der Waals surface area (Å²) in [5.74, 6) is 0.695. The summed E-state index contributed by atoms with van der Waals surface area (Å²) >= 11 is 0. The van der Waals surface area contributed by atoms with E-state index in [2.05, 4.69) is 175 Å². The van der Waals surface area contributed by atoms with Crippen molar-refractivity contribution in [3.8, 4) is 33.5 Å². The minimum atomic E-state index is 0.695. The van der Waals surface area contributed by atoms with Gasteiger partial charge in [-0.15, -0.1) is 0 Å². The molecule has 2 aromatic heterocycles. The van der Waals surface area contributed by atoms with Crippen molar-refractivity contribution >= 4 is 81.2 Å². The summed E-state index contributed by atoms with van der Waals surface area (Å²) in [6.45, 7) is 0. The maximum Gasteiger partial charge on any atom is 0.234 e. The van der Waals surface area contributed by atoms with Gasteiger partial charge in [-0.05, 0) is 104 Å². The molecule has 0 spiro atoms. The van der Waals surface area contributed by atoms with Crippen LogP contribution in [0.4, 0.5) is 0 Å². The second-order valence-corrected chi connectivity index (χ2v) is 14.5. The van der Waals surface area contributed by atoms with Crippen molar-refractivity contribution in [3.63, 3.8) is 0 Å². The second-order valence-electron chi connectivity index (χ2n) is 14.5. The van der Waals surface area contributed by atoms with Gasteiger partial charge in [-0.3, -0.25) is 4.40 Å². The first-order valence-corrected chi connectivity index (χ1v) is 18.8. The third kappa shape index (κ3) is 4.38. The zero-order valence-corrected chi connectivity index (χ0v) is 29.7. The van der Waals surface area contributed by atoms with Crippen LogP contribution in [0.3, 0.4) is 0 Å². The Morgan fingerprint density at radius 2 is 0.855 bits per heavy atom. The molecule has 12 aromatic rings. The SMILES string of the molecule is c1ccc2c(-c3cn4cccnc4n3)c3ccccc3c(-c3ccc(-c4cccc5c6cccc7ccc8cccc(c9ccccc9c45)c8c76)cc3)c2c1. The lowest BCUT2D eigenvalue weighted by atomic mass is 9.86. The predicted octanol–water partition coefficient (Wildman–Crippen LogP) is 13.8. The van der Waals surface area contributed by atoms with E-state index in [1.165, 1.54) is 97.7 Å². The van der Waals surface area contributed by atoms with E-state index in [-0.39, 0.29) is 0 Å². The molecule has 0 saturated heterocycles. The molecule has 10 aromatic carbocycles. The normalized spacial score (nSPS) is 12.0. The zero-order valence-electron chi connectivity index (χ0n) is 29.7. The van der Waals surface area contributed by atoms with Gasteiger partial charge in [0, 0.05) is 24.2 Å². The largest absolute Gasteiger partial charge is 0.291 e.